The van der Waals surface area contributed by atoms with Gasteiger partial charge < -0.3 is 86.3 Å². The molecule has 0 aliphatic rings. The van der Waals surface area contributed by atoms with Crippen molar-refractivity contribution in [2.45, 2.75) is 0 Å². The molecule has 0 radical (unpaired) electrons. The molecule has 0 rings (SSSR count). The van der Waals surface area contributed by atoms with Crippen molar-refractivity contribution < 1.29 is 126 Å². The van der Waals surface area contributed by atoms with Crippen LogP contribution in [0.4, 0.5) is 0 Å². The summed E-state index contributed by atoms with van der Waals surface area (Å²) < 4.78 is 78.7. The summed E-state index contributed by atoms with van der Waals surface area (Å²) in [5.41, 5.74) is 0. The van der Waals surface area contributed by atoms with Crippen LogP contribution in [0.3, 0.4) is 0 Å². The fourth-order valence-corrected chi connectivity index (χ4v) is 0. The van der Waals surface area contributed by atoms with E-state index >= 15 is 0 Å². The van der Waals surface area contributed by atoms with Gasteiger partial charge in [0.15, 0.2) is 0 Å². The number of hydrogen-bond donors (Lipinski definition) is 18. The van der Waals surface area contributed by atoms with Gasteiger partial charge in [0.2, 0.25) is 0 Å². The van der Waals surface area contributed by atoms with E-state index in [2.05, 4.69) is 0 Å². The summed E-state index contributed by atoms with van der Waals surface area (Å²) in [5, 5.41) is 0. The fraction of sp³-hybridized carbons (Fsp3) is 0. The molecule has 0 bridgehead atoms. The summed E-state index contributed by atoms with van der Waals surface area (Å²) in [4.78, 5) is 129. The van der Waals surface area contributed by atoms with Crippen molar-refractivity contribution in [3.8, 4) is 0 Å². The van der Waals surface area contributed by atoms with Gasteiger partial charge in [0.25, 0.3) is 0 Å². The van der Waals surface area contributed by atoms with Crippen molar-refractivity contribution in [3.05, 3.63) is 0 Å². The van der Waals surface area contributed by atoms with Gasteiger partial charge in [-0.2, -0.15) is 0 Å². The Hall–Kier alpha value is 1.55. The zero-order valence-corrected chi connectivity index (χ0v) is 25.2. The van der Waals surface area contributed by atoms with E-state index in [9.17, 15) is 0 Å². The molecule has 0 aromatic carbocycles. The molecule has 0 fully saturated rings. The number of hydrogen-bond acceptors (Lipinski definition) is 9. The van der Waals surface area contributed by atoms with Crippen LogP contribution in [0.25, 0.3) is 0 Å². The van der Waals surface area contributed by atoms with Gasteiger partial charge in [-0.15, -0.1) is 0 Å². The first-order chi connectivity index (χ1) is 15.6. The van der Waals surface area contributed by atoms with Crippen LogP contribution in [0.2, 0.25) is 0 Å². The summed E-state index contributed by atoms with van der Waals surface area (Å²) in [5.74, 6) is 0. The Labute approximate surface area is 351 Å². The van der Waals surface area contributed by atoms with Gasteiger partial charge in [-0.3, -0.25) is 40.2 Å². The summed E-state index contributed by atoms with van der Waals surface area (Å²) in [6, 6.07) is 0. The van der Waals surface area contributed by atoms with E-state index in [4.69, 9.17) is 126 Å². The van der Waals surface area contributed by atoms with E-state index in [0.717, 1.165) is 0 Å². The van der Waals surface area contributed by atoms with Gasteiger partial charge >= 0.3 is 230 Å². The van der Waals surface area contributed by atoms with Gasteiger partial charge in [-0.1, -0.05) is 0 Å². The van der Waals surface area contributed by atoms with E-state index in [0.29, 0.717) is 0 Å². The molecule has 0 amide bonds. The molecule has 27 nitrogen and oxygen atoms in total. The monoisotopic (exact) mass is 822 g/mol. The predicted octanol–water partition coefficient (Wildman–Crippen LogP) is -17.8. The molecule has 0 heterocycles. The second-order valence-corrected chi connectivity index (χ2v) is 7.63. The third-order valence-corrected chi connectivity index (χ3v) is 0. The Bertz CT molecular complexity index is 429. The molecule has 0 spiro atoms. The van der Waals surface area contributed by atoms with Gasteiger partial charge in [0, 0.05) is 0 Å². The van der Waals surface area contributed by atoms with Gasteiger partial charge in [0.05, 0.1) is 0 Å². The molecule has 41 heteroatoms. The Morgan fingerprint density at radius 2 is 0.171 bits per heavy atom. The molecule has 0 saturated heterocycles. The molecule has 0 saturated carbocycles. The van der Waals surface area contributed by atoms with Crippen LogP contribution < -0.4 is 0 Å². The molecular weight excluding hydrogens is 800 g/mol. The molecule has 0 aliphatic carbocycles. The maximum absolute atomic E-state index is 8.74. The Morgan fingerprint density at radius 1 is 0.171 bits per heavy atom. The molecule has 0 unspecified atom stereocenters. The number of rotatable bonds is 0. The summed E-state index contributed by atoms with van der Waals surface area (Å²) in [6.45, 7) is 0. The van der Waals surface area contributed by atoms with Crippen molar-refractivity contribution in [2.24, 2.45) is 0 Å². The second-order valence-electron chi connectivity index (χ2n) is 2.54. The first kappa shape index (κ1) is 90.1. The molecule has 41 heavy (non-hydrogen) atoms. The minimum absolute atomic E-state index is 0. The quantitative estimate of drug-likeness (QED) is 0.101. The molecule has 0 aliphatic heterocycles. The summed E-state index contributed by atoms with van der Waals surface area (Å²) >= 11 is 0. The van der Waals surface area contributed by atoms with E-state index in [-0.39, 0.29) is 148 Å². The van der Waals surface area contributed by atoms with Crippen molar-refractivity contribution in [3.63, 3.8) is 0 Å². The van der Waals surface area contributed by atoms with E-state index in [1.165, 1.54) is 0 Å². The zero-order chi connectivity index (χ0) is 32.2. The SMILES string of the molecule is O=[Si](O)O.O=[Si](O)O.O=[Si](O)O.O=[Si](O)O.O=[Si](O)O.O=[Si](O)O.O=[Si](O)O.O=[Si](O)O.O=[Si](O)O.[NaH].[NaH].[NaH].[NaH].[NaH]. The maximum atomic E-state index is 8.74. The molecule has 0 atom stereocenters. The van der Waals surface area contributed by atoms with Crippen molar-refractivity contribution >= 4 is 230 Å². The Morgan fingerprint density at radius 3 is 0.171 bits per heavy atom. The van der Waals surface area contributed by atoms with Crippen LogP contribution in [0.15, 0.2) is 0 Å². The van der Waals surface area contributed by atoms with Crippen LogP contribution in [0.5, 0.6) is 0 Å². The first-order valence-corrected chi connectivity index (χ1v) is 17.6. The van der Waals surface area contributed by atoms with Crippen LogP contribution >= 0.6 is 0 Å². The van der Waals surface area contributed by atoms with Gasteiger partial charge in [0.1, 0.15) is 0 Å². The zero-order valence-electron chi connectivity index (χ0n) is 16.2. The van der Waals surface area contributed by atoms with Crippen LogP contribution in [0, 0.1) is 0 Å². The third kappa shape index (κ3) is 27000. The van der Waals surface area contributed by atoms with E-state index < -0.39 is 82.5 Å². The predicted molar refractivity (Wildman–Crippen MR) is 134 cm³/mol. The molecule has 226 valence electrons. The van der Waals surface area contributed by atoms with Gasteiger partial charge in [-0.05, 0) is 0 Å². The van der Waals surface area contributed by atoms with Crippen LogP contribution in [-0.2, 0) is 40.2 Å². The van der Waals surface area contributed by atoms with Gasteiger partial charge in [-0.25, -0.2) is 0 Å². The minimum atomic E-state index is -3.13. The summed E-state index contributed by atoms with van der Waals surface area (Å²) in [7, 11) is -28.2. The van der Waals surface area contributed by atoms with Crippen LogP contribution in [0.1, 0.15) is 0 Å². The Kier molecular flexibility index (Phi) is 184. The van der Waals surface area contributed by atoms with E-state index in [1.54, 1.807) is 0 Å². The van der Waals surface area contributed by atoms with Crippen molar-refractivity contribution in [1.29, 1.82) is 0 Å². The van der Waals surface area contributed by atoms with Crippen LogP contribution in [-0.4, -0.2) is 317 Å². The second kappa shape index (κ2) is 83.8. The third-order valence-electron chi connectivity index (χ3n) is 0. The topological polar surface area (TPSA) is 518 Å². The summed E-state index contributed by atoms with van der Waals surface area (Å²) in [6.07, 6.45) is 0. The van der Waals surface area contributed by atoms with Crippen molar-refractivity contribution in [2.75, 3.05) is 0 Å². The molecule has 18 N–H and O–H groups in total. The first-order valence-electron chi connectivity index (χ1n) is 5.86. The fourth-order valence-electron chi connectivity index (χ4n) is 0. The average molecular weight is 823 g/mol. The molecule has 0 aromatic rings. The average Bonchev–Trinajstić information content (AvgIpc) is 2.39. The molecular formula is H23Na5O27Si9. The van der Waals surface area contributed by atoms with Crippen molar-refractivity contribution in [1.82, 2.24) is 0 Å². The Balaban J connectivity index is -0.0000000164. The standard InChI is InChI=1S/5Na.9H2O3Si.5H/c;;;;;9*1-4(2)3;;;;;/h;;;;;9*1-2H;;;;;. The normalized spacial score (nSPS) is 5.27. The van der Waals surface area contributed by atoms with E-state index in [1.807, 2.05) is 0 Å². The molecule has 0 aromatic heterocycles.